The minimum absolute atomic E-state index is 0.0389. The zero-order valence-corrected chi connectivity index (χ0v) is 22.2. The number of benzene rings is 2. The second kappa shape index (κ2) is 11.6. The minimum atomic E-state index is -0.858. The van der Waals surface area contributed by atoms with Gasteiger partial charge < -0.3 is 15.4 Å². The number of aliphatic imine (C=N–C) groups is 2. The molecule has 2 N–H and O–H groups in total. The third-order valence-corrected chi connectivity index (χ3v) is 7.56. The molecule has 1 unspecified atom stereocenters. The van der Waals surface area contributed by atoms with Gasteiger partial charge in [0, 0.05) is 16.1 Å². The number of nitrogens with zero attached hydrogens (tertiary/aromatic N) is 3. The number of amides is 3. The van der Waals surface area contributed by atoms with Crippen LogP contribution in [0.15, 0.2) is 76.0 Å². The highest BCUT2D eigenvalue weighted by Crippen LogP contribution is 2.34. The third kappa shape index (κ3) is 5.79. The first-order valence-corrected chi connectivity index (χ1v) is 13.9. The van der Waals surface area contributed by atoms with Crippen LogP contribution in [0, 0.1) is 0 Å². The number of thioether (sulfide) groups is 1. The second-order valence-electron chi connectivity index (χ2n) is 8.41. The van der Waals surface area contributed by atoms with Crippen LogP contribution >= 0.6 is 23.1 Å². The molecule has 2 aliphatic heterocycles. The van der Waals surface area contributed by atoms with Crippen molar-refractivity contribution in [2.75, 3.05) is 17.7 Å². The lowest BCUT2D eigenvalue weighted by Crippen LogP contribution is -2.42. The molecule has 0 aliphatic carbocycles. The van der Waals surface area contributed by atoms with Crippen molar-refractivity contribution in [3.05, 3.63) is 76.5 Å². The zero-order valence-electron chi connectivity index (χ0n) is 20.5. The van der Waals surface area contributed by atoms with E-state index in [1.807, 2.05) is 48.7 Å². The quantitative estimate of drug-likeness (QED) is 0.417. The fourth-order valence-corrected chi connectivity index (χ4v) is 5.45. The molecule has 0 fully saturated rings. The Hall–Kier alpha value is -3.96. The highest BCUT2D eigenvalue weighted by Gasteiger charge is 2.42. The summed E-state index contributed by atoms with van der Waals surface area (Å²) in [6, 6.07) is 17.5. The van der Waals surface area contributed by atoms with Gasteiger partial charge in [-0.2, -0.15) is 0 Å². The molecule has 11 heteroatoms. The standard InChI is InChI=1S/C27H25N5O4S2/c1-2-36-18-11-9-17(10-12-18)29-24(34)16-38-27-31-21-8-4-3-7-20(21)25-30-22(26(35)32(25)27)14-23(33)28-15-19-6-5-13-37-19/h3-13,22H,2,14-16H2,1H3,(H,28,33)(H,29,34). The van der Waals surface area contributed by atoms with Crippen molar-refractivity contribution in [2.24, 2.45) is 9.98 Å². The average molecular weight is 548 g/mol. The number of thiophene rings is 1. The normalized spacial score (nSPS) is 15.8. The fraction of sp³-hybridized carbons (Fsp3) is 0.222. The van der Waals surface area contributed by atoms with Crippen LogP contribution in [0.1, 0.15) is 23.8 Å². The Kier molecular flexibility index (Phi) is 7.85. The molecule has 9 nitrogen and oxygen atoms in total. The van der Waals surface area contributed by atoms with Crippen LogP contribution in [-0.4, -0.2) is 52.0 Å². The lowest BCUT2D eigenvalue weighted by Gasteiger charge is -2.25. The SMILES string of the molecule is CCOc1ccc(NC(=O)CSC2=Nc3ccccc3C3=NC(CC(=O)NCc4cccs4)C(=O)N23)cc1. The highest BCUT2D eigenvalue weighted by atomic mass is 32.2. The molecule has 38 heavy (non-hydrogen) atoms. The Labute approximate surface area is 228 Å². The van der Waals surface area contributed by atoms with Gasteiger partial charge in [-0.1, -0.05) is 30.0 Å². The Bertz CT molecular complexity index is 1400. The number of carbonyl (C=O) groups is 3. The Morgan fingerprint density at radius 1 is 1.08 bits per heavy atom. The largest absolute Gasteiger partial charge is 0.494 e. The first-order valence-electron chi connectivity index (χ1n) is 12.1. The number of carbonyl (C=O) groups excluding carboxylic acids is 3. The average Bonchev–Trinajstić information content (AvgIpc) is 3.56. The number of hydrogen-bond donors (Lipinski definition) is 2. The van der Waals surface area contributed by atoms with E-state index in [-0.39, 0.29) is 29.9 Å². The summed E-state index contributed by atoms with van der Waals surface area (Å²) in [5, 5.41) is 8.00. The van der Waals surface area contributed by atoms with Crippen LogP contribution in [-0.2, 0) is 20.9 Å². The molecule has 3 heterocycles. The van der Waals surface area contributed by atoms with E-state index in [0.717, 1.165) is 22.4 Å². The van der Waals surface area contributed by atoms with Crippen LogP contribution in [0.5, 0.6) is 5.75 Å². The summed E-state index contributed by atoms with van der Waals surface area (Å²) in [5.74, 6) is 0.386. The van der Waals surface area contributed by atoms with Crippen LogP contribution in [0.2, 0.25) is 0 Å². The van der Waals surface area contributed by atoms with E-state index in [2.05, 4.69) is 20.6 Å². The van der Waals surface area contributed by atoms with Gasteiger partial charge in [0.25, 0.3) is 5.91 Å². The second-order valence-corrected chi connectivity index (χ2v) is 10.4. The van der Waals surface area contributed by atoms with Crippen molar-refractivity contribution in [3.8, 4) is 5.75 Å². The smallest absolute Gasteiger partial charge is 0.259 e. The fourth-order valence-electron chi connectivity index (χ4n) is 4.01. The Morgan fingerprint density at radius 2 is 1.89 bits per heavy atom. The molecular weight excluding hydrogens is 522 g/mol. The van der Waals surface area contributed by atoms with Gasteiger partial charge in [0.15, 0.2) is 5.17 Å². The maximum Gasteiger partial charge on any atom is 0.259 e. The summed E-state index contributed by atoms with van der Waals surface area (Å²) in [6.45, 7) is 2.88. The van der Waals surface area contributed by atoms with Crippen LogP contribution in [0.4, 0.5) is 11.4 Å². The van der Waals surface area contributed by atoms with Crippen molar-refractivity contribution in [1.29, 1.82) is 0 Å². The zero-order chi connectivity index (χ0) is 26.5. The molecule has 3 aromatic rings. The molecule has 5 rings (SSSR count). The van der Waals surface area contributed by atoms with Gasteiger partial charge in [-0.25, -0.2) is 9.89 Å². The lowest BCUT2D eigenvalue weighted by atomic mass is 10.1. The topological polar surface area (TPSA) is 112 Å². The molecule has 2 aliphatic rings. The summed E-state index contributed by atoms with van der Waals surface area (Å²) in [5.41, 5.74) is 2.01. The van der Waals surface area contributed by atoms with Crippen molar-refractivity contribution in [3.63, 3.8) is 0 Å². The summed E-state index contributed by atoms with van der Waals surface area (Å²) in [4.78, 5) is 50.3. The molecule has 0 saturated carbocycles. The minimum Gasteiger partial charge on any atom is -0.494 e. The molecule has 0 radical (unpaired) electrons. The molecule has 0 spiro atoms. The predicted molar refractivity (Wildman–Crippen MR) is 150 cm³/mol. The number of para-hydroxylation sites is 1. The van der Waals surface area contributed by atoms with E-state index >= 15 is 0 Å². The Balaban J connectivity index is 1.26. The van der Waals surface area contributed by atoms with Gasteiger partial charge in [0.2, 0.25) is 11.8 Å². The molecule has 0 bridgehead atoms. The van der Waals surface area contributed by atoms with Gasteiger partial charge in [-0.3, -0.25) is 19.4 Å². The number of anilines is 1. The first-order chi connectivity index (χ1) is 18.5. The number of fused-ring (bicyclic) bond motifs is 3. The maximum absolute atomic E-state index is 13.4. The summed E-state index contributed by atoms with van der Waals surface area (Å²) in [7, 11) is 0. The van der Waals surface area contributed by atoms with E-state index in [1.165, 1.54) is 4.90 Å². The van der Waals surface area contributed by atoms with Gasteiger partial charge in [-0.05, 0) is 54.8 Å². The van der Waals surface area contributed by atoms with Gasteiger partial charge in [-0.15, -0.1) is 11.3 Å². The van der Waals surface area contributed by atoms with Gasteiger partial charge >= 0.3 is 0 Å². The van der Waals surface area contributed by atoms with E-state index < -0.39 is 6.04 Å². The number of amidine groups is 2. The van der Waals surface area contributed by atoms with E-state index in [1.54, 1.807) is 35.6 Å². The van der Waals surface area contributed by atoms with Crippen molar-refractivity contribution < 1.29 is 19.1 Å². The molecule has 194 valence electrons. The molecule has 2 aromatic carbocycles. The van der Waals surface area contributed by atoms with Gasteiger partial charge in [0.1, 0.15) is 17.6 Å². The van der Waals surface area contributed by atoms with E-state index in [4.69, 9.17) is 4.74 Å². The number of hydrogen-bond acceptors (Lipinski definition) is 8. The predicted octanol–water partition coefficient (Wildman–Crippen LogP) is 4.18. The maximum atomic E-state index is 13.4. The number of ether oxygens (including phenoxy) is 1. The summed E-state index contributed by atoms with van der Waals surface area (Å²) < 4.78 is 5.43. The summed E-state index contributed by atoms with van der Waals surface area (Å²) in [6.07, 6.45) is -0.0669. The van der Waals surface area contributed by atoms with Crippen molar-refractivity contribution in [1.82, 2.24) is 10.2 Å². The molecule has 1 aromatic heterocycles. The van der Waals surface area contributed by atoms with E-state index in [9.17, 15) is 14.4 Å². The first kappa shape index (κ1) is 25.7. The van der Waals surface area contributed by atoms with E-state index in [0.29, 0.717) is 41.1 Å². The molecule has 3 amide bonds. The number of rotatable bonds is 9. The van der Waals surface area contributed by atoms with Crippen LogP contribution in [0.25, 0.3) is 0 Å². The van der Waals surface area contributed by atoms with Crippen LogP contribution in [0.3, 0.4) is 0 Å². The van der Waals surface area contributed by atoms with Crippen molar-refractivity contribution in [2.45, 2.75) is 25.9 Å². The number of nitrogens with one attached hydrogen (secondary N) is 2. The summed E-state index contributed by atoms with van der Waals surface area (Å²) >= 11 is 2.70. The van der Waals surface area contributed by atoms with Gasteiger partial charge in [0.05, 0.1) is 31.0 Å². The lowest BCUT2D eigenvalue weighted by molar-refractivity contribution is -0.128. The molecule has 0 saturated heterocycles. The molecular formula is C27H25N5O4S2. The highest BCUT2D eigenvalue weighted by molar-refractivity contribution is 8.14. The third-order valence-electron chi connectivity index (χ3n) is 5.75. The molecule has 1 atom stereocenters. The Morgan fingerprint density at radius 3 is 2.66 bits per heavy atom. The van der Waals surface area contributed by atoms with Crippen LogP contribution < -0.4 is 15.4 Å². The van der Waals surface area contributed by atoms with Crippen molar-refractivity contribution >= 4 is 63.2 Å². The monoisotopic (exact) mass is 547 g/mol.